The van der Waals surface area contributed by atoms with E-state index in [0.717, 1.165) is 37.7 Å². The van der Waals surface area contributed by atoms with E-state index < -0.39 is 0 Å². The van der Waals surface area contributed by atoms with Gasteiger partial charge in [0, 0.05) is 6.04 Å². The Bertz CT molecular complexity index is 410. The second-order valence-electron chi connectivity index (χ2n) is 5.78. The van der Waals surface area contributed by atoms with Gasteiger partial charge in [0.2, 0.25) is 0 Å². The fraction of sp³-hybridized carbons (Fsp3) is 0.588. The molecular weight excluding hydrogens is 250 g/mol. The average molecular weight is 275 g/mol. The topological polar surface area (TPSA) is 52.3 Å². The van der Waals surface area contributed by atoms with E-state index in [-0.39, 0.29) is 17.9 Å². The zero-order chi connectivity index (χ0) is 14.4. The fourth-order valence-corrected chi connectivity index (χ4v) is 2.96. The summed E-state index contributed by atoms with van der Waals surface area (Å²) >= 11 is 0. The van der Waals surface area contributed by atoms with Crippen LogP contribution in [0.2, 0.25) is 0 Å². The van der Waals surface area contributed by atoms with Gasteiger partial charge in [-0.15, -0.1) is 0 Å². The lowest BCUT2D eigenvalue weighted by Gasteiger charge is -2.30. The molecule has 1 aromatic carbocycles. The largest absolute Gasteiger partial charge is 0.461 e. The minimum atomic E-state index is -0.0441. The molecule has 1 saturated carbocycles. The number of carbonyl (C=O) groups is 1. The molecule has 0 spiro atoms. The molecule has 0 radical (unpaired) electrons. The highest BCUT2D eigenvalue weighted by Gasteiger charge is 2.29. The van der Waals surface area contributed by atoms with Gasteiger partial charge in [-0.05, 0) is 43.6 Å². The summed E-state index contributed by atoms with van der Waals surface area (Å²) in [4.78, 5) is 12.1. The van der Waals surface area contributed by atoms with Crippen molar-refractivity contribution in [1.29, 1.82) is 0 Å². The first-order valence-electron chi connectivity index (χ1n) is 7.66. The van der Waals surface area contributed by atoms with Crippen LogP contribution in [0.15, 0.2) is 30.3 Å². The van der Waals surface area contributed by atoms with E-state index in [1.54, 1.807) is 0 Å². The van der Waals surface area contributed by atoms with Crippen LogP contribution in [-0.2, 0) is 16.1 Å². The standard InChI is InChI=1S/C17H25NO2/c1-2-16(18)14-8-10-15(11-9-14)17(19)20-12-13-6-4-3-5-7-13/h3-7,14-16H,2,8-12,18H2,1H3/t14-,15-,16?. The quantitative estimate of drug-likeness (QED) is 0.839. The molecule has 0 aromatic heterocycles. The van der Waals surface area contributed by atoms with Crippen LogP contribution in [-0.4, -0.2) is 12.0 Å². The van der Waals surface area contributed by atoms with Gasteiger partial charge in [-0.2, -0.15) is 0 Å². The molecule has 1 fully saturated rings. The molecule has 0 saturated heterocycles. The van der Waals surface area contributed by atoms with Gasteiger partial charge < -0.3 is 10.5 Å². The maximum absolute atomic E-state index is 12.1. The summed E-state index contributed by atoms with van der Waals surface area (Å²) in [5.74, 6) is 0.606. The zero-order valence-corrected chi connectivity index (χ0v) is 12.3. The number of rotatable bonds is 5. The first-order chi connectivity index (χ1) is 9.70. The SMILES string of the molecule is CCC(N)[C@H]1CC[C@H](C(=O)OCc2ccccc2)CC1. The van der Waals surface area contributed by atoms with E-state index in [0.29, 0.717) is 12.5 Å². The lowest BCUT2D eigenvalue weighted by Crippen LogP contribution is -2.34. The molecule has 3 nitrogen and oxygen atoms in total. The van der Waals surface area contributed by atoms with Gasteiger partial charge >= 0.3 is 5.97 Å². The summed E-state index contributed by atoms with van der Waals surface area (Å²) in [5, 5.41) is 0. The molecular formula is C17H25NO2. The van der Waals surface area contributed by atoms with Crippen molar-refractivity contribution in [3.8, 4) is 0 Å². The highest BCUT2D eigenvalue weighted by atomic mass is 16.5. The number of carbonyl (C=O) groups excluding carboxylic acids is 1. The van der Waals surface area contributed by atoms with Gasteiger partial charge in [0.1, 0.15) is 6.61 Å². The van der Waals surface area contributed by atoms with Crippen LogP contribution in [0, 0.1) is 11.8 Å². The van der Waals surface area contributed by atoms with E-state index in [2.05, 4.69) is 6.92 Å². The van der Waals surface area contributed by atoms with E-state index >= 15 is 0 Å². The number of ether oxygens (including phenoxy) is 1. The summed E-state index contributed by atoms with van der Waals surface area (Å²) < 4.78 is 5.42. The number of hydrogen-bond acceptors (Lipinski definition) is 3. The van der Waals surface area contributed by atoms with Crippen LogP contribution in [0.25, 0.3) is 0 Å². The van der Waals surface area contributed by atoms with E-state index in [1.807, 2.05) is 30.3 Å². The van der Waals surface area contributed by atoms with Crippen LogP contribution in [0.5, 0.6) is 0 Å². The molecule has 1 unspecified atom stereocenters. The molecule has 2 N–H and O–H groups in total. The third-order valence-corrected chi connectivity index (χ3v) is 4.41. The van der Waals surface area contributed by atoms with Gasteiger partial charge in [0.25, 0.3) is 0 Å². The predicted molar refractivity (Wildman–Crippen MR) is 80.0 cm³/mol. The maximum atomic E-state index is 12.1. The maximum Gasteiger partial charge on any atom is 0.309 e. The Morgan fingerprint density at radius 2 is 1.90 bits per heavy atom. The lowest BCUT2D eigenvalue weighted by atomic mass is 9.78. The van der Waals surface area contributed by atoms with Gasteiger partial charge in [0.05, 0.1) is 5.92 Å². The number of hydrogen-bond donors (Lipinski definition) is 1. The Balaban J connectivity index is 1.75. The van der Waals surface area contributed by atoms with Gasteiger partial charge in [-0.3, -0.25) is 4.79 Å². The lowest BCUT2D eigenvalue weighted by molar-refractivity contribution is -0.151. The Morgan fingerprint density at radius 3 is 2.50 bits per heavy atom. The van der Waals surface area contributed by atoms with Crippen molar-refractivity contribution in [1.82, 2.24) is 0 Å². The van der Waals surface area contributed by atoms with Gasteiger partial charge in [-0.25, -0.2) is 0 Å². The highest BCUT2D eigenvalue weighted by Crippen LogP contribution is 2.31. The molecule has 1 atom stereocenters. The van der Waals surface area contributed by atoms with Crippen LogP contribution in [0.4, 0.5) is 0 Å². The van der Waals surface area contributed by atoms with Crippen LogP contribution >= 0.6 is 0 Å². The molecule has 0 bridgehead atoms. The molecule has 1 aromatic rings. The summed E-state index contributed by atoms with van der Waals surface area (Å²) in [7, 11) is 0. The van der Waals surface area contributed by atoms with Crippen LogP contribution in [0.1, 0.15) is 44.6 Å². The number of benzene rings is 1. The smallest absolute Gasteiger partial charge is 0.309 e. The van der Waals surface area contributed by atoms with Crippen molar-refractivity contribution in [3.63, 3.8) is 0 Å². The first kappa shape index (κ1) is 15.0. The molecule has 1 aliphatic carbocycles. The molecule has 1 aliphatic rings. The summed E-state index contributed by atoms with van der Waals surface area (Å²) in [6.45, 7) is 2.51. The molecule has 0 heterocycles. The van der Waals surface area contributed by atoms with Gasteiger partial charge in [0.15, 0.2) is 0 Å². The molecule has 2 rings (SSSR count). The molecule has 20 heavy (non-hydrogen) atoms. The second-order valence-corrected chi connectivity index (χ2v) is 5.78. The molecule has 0 amide bonds. The Labute approximate surface area is 121 Å². The third kappa shape index (κ3) is 4.07. The zero-order valence-electron chi connectivity index (χ0n) is 12.3. The second kappa shape index (κ2) is 7.44. The monoisotopic (exact) mass is 275 g/mol. The van der Waals surface area contributed by atoms with Crippen molar-refractivity contribution in [2.24, 2.45) is 17.6 Å². The first-order valence-corrected chi connectivity index (χ1v) is 7.66. The van der Waals surface area contributed by atoms with Crippen molar-refractivity contribution in [2.45, 2.75) is 51.7 Å². The van der Waals surface area contributed by atoms with E-state index in [9.17, 15) is 4.79 Å². The van der Waals surface area contributed by atoms with Gasteiger partial charge in [-0.1, -0.05) is 37.3 Å². The van der Waals surface area contributed by atoms with Crippen molar-refractivity contribution >= 4 is 5.97 Å². The van der Waals surface area contributed by atoms with E-state index in [4.69, 9.17) is 10.5 Å². The Hall–Kier alpha value is -1.35. The Kier molecular flexibility index (Phi) is 5.60. The predicted octanol–water partition coefficient (Wildman–Crippen LogP) is 3.27. The number of nitrogens with two attached hydrogens (primary N) is 1. The average Bonchev–Trinajstić information content (AvgIpc) is 2.53. The van der Waals surface area contributed by atoms with Crippen molar-refractivity contribution < 1.29 is 9.53 Å². The van der Waals surface area contributed by atoms with E-state index in [1.165, 1.54) is 0 Å². The number of esters is 1. The van der Waals surface area contributed by atoms with Crippen LogP contribution in [0.3, 0.4) is 0 Å². The fourth-order valence-electron chi connectivity index (χ4n) is 2.96. The summed E-state index contributed by atoms with van der Waals surface area (Å²) in [6, 6.07) is 10.1. The Morgan fingerprint density at radius 1 is 1.25 bits per heavy atom. The third-order valence-electron chi connectivity index (χ3n) is 4.41. The summed E-state index contributed by atoms with van der Waals surface area (Å²) in [5.41, 5.74) is 7.13. The molecule has 110 valence electrons. The van der Waals surface area contributed by atoms with Crippen molar-refractivity contribution in [3.05, 3.63) is 35.9 Å². The summed E-state index contributed by atoms with van der Waals surface area (Å²) in [6.07, 6.45) is 4.98. The molecule has 3 heteroatoms. The minimum absolute atomic E-state index is 0.0441. The van der Waals surface area contributed by atoms with Crippen LogP contribution < -0.4 is 5.73 Å². The molecule has 0 aliphatic heterocycles. The highest BCUT2D eigenvalue weighted by molar-refractivity contribution is 5.72. The van der Waals surface area contributed by atoms with Crippen molar-refractivity contribution in [2.75, 3.05) is 0 Å². The normalized spacial score (nSPS) is 24.1. The minimum Gasteiger partial charge on any atom is -0.461 e.